The van der Waals surface area contributed by atoms with Gasteiger partial charge in [0.05, 0.1) is 12.6 Å². The first-order valence-corrected chi connectivity index (χ1v) is 7.00. The van der Waals surface area contributed by atoms with Crippen LogP contribution in [0.3, 0.4) is 0 Å². The first-order chi connectivity index (χ1) is 8.53. The molecule has 0 aromatic carbocycles. The highest BCUT2D eigenvalue weighted by molar-refractivity contribution is 7.89. The number of aromatic nitrogens is 2. The Bertz CT molecular complexity index is 676. The van der Waals surface area contributed by atoms with E-state index in [9.17, 15) is 8.42 Å². The summed E-state index contributed by atoms with van der Waals surface area (Å²) in [6, 6.07) is 3.43. The second-order valence-corrected chi connectivity index (χ2v) is 5.52. The number of pyridine rings is 1. The molecule has 98 valence electrons. The standard InChI is InChI=1S/C11H15N3O3S/c1-4-10-13-11(18(15,16)12-2)9-7-8(17-3)5-6-14(9)10/h5-7,12H,4H2,1-3H3. The van der Waals surface area contributed by atoms with Gasteiger partial charge in [-0.2, -0.15) is 0 Å². The van der Waals surface area contributed by atoms with Crippen LogP contribution in [0.15, 0.2) is 23.4 Å². The Morgan fingerprint density at radius 1 is 1.50 bits per heavy atom. The van der Waals surface area contributed by atoms with Crippen LogP contribution in [0.2, 0.25) is 0 Å². The molecule has 2 aromatic heterocycles. The summed E-state index contributed by atoms with van der Waals surface area (Å²) >= 11 is 0. The molecule has 18 heavy (non-hydrogen) atoms. The molecule has 0 fully saturated rings. The van der Waals surface area contributed by atoms with Crippen molar-refractivity contribution >= 4 is 15.5 Å². The van der Waals surface area contributed by atoms with E-state index in [1.165, 1.54) is 14.2 Å². The number of fused-ring (bicyclic) bond motifs is 1. The average molecular weight is 269 g/mol. The number of nitrogens with zero attached hydrogens (tertiary/aromatic N) is 2. The van der Waals surface area contributed by atoms with Crippen molar-refractivity contribution in [1.29, 1.82) is 0 Å². The maximum Gasteiger partial charge on any atom is 0.259 e. The first kappa shape index (κ1) is 12.8. The van der Waals surface area contributed by atoms with E-state index in [2.05, 4.69) is 9.71 Å². The van der Waals surface area contributed by atoms with Crippen LogP contribution >= 0.6 is 0 Å². The molecule has 0 aliphatic heterocycles. The van der Waals surface area contributed by atoms with Crippen LogP contribution in [-0.2, 0) is 16.4 Å². The lowest BCUT2D eigenvalue weighted by Gasteiger charge is -2.03. The molecule has 0 bridgehead atoms. The predicted octanol–water partition coefficient (Wildman–Crippen LogP) is 0.813. The van der Waals surface area contributed by atoms with Gasteiger partial charge in [0.25, 0.3) is 10.0 Å². The van der Waals surface area contributed by atoms with Gasteiger partial charge in [0.2, 0.25) is 0 Å². The monoisotopic (exact) mass is 269 g/mol. The van der Waals surface area contributed by atoms with Crippen LogP contribution in [0.4, 0.5) is 0 Å². The molecule has 6 nitrogen and oxygen atoms in total. The minimum Gasteiger partial charge on any atom is -0.497 e. The van der Waals surface area contributed by atoms with Gasteiger partial charge in [-0.3, -0.25) is 0 Å². The summed E-state index contributed by atoms with van der Waals surface area (Å²) in [5, 5.41) is 0.0285. The minimum atomic E-state index is -3.58. The first-order valence-electron chi connectivity index (χ1n) is 5.52. The average Bonchev–Trinajstić information content (AvgIpc) is 2.77. The Hall–Kier alpha value is -1.60. The number of nitrogens with one attached hydrogen (secondary N) is 1. The molecule has 0 amide bonds. The fourth-order valence-corrected chi connectivity index (χ4v) is 2.62. The van der Waals surface area contributed by atoms with E-state index in [1.807, 2.05) is 6.92 Å². The molecule has 2 heterocycles. The zero-order valence-electron chi connectivity index (χ0n) is 10.5. The Balaban J connectivity index is 2.81. The van der Waals surface area contributed by atoms with Crippen LogP contribution in [-0.4, -0.2) is 32.0 Å². The van der Waals surface area contributed by atoms with E-state index in [0.29, 0.717) is 23.5 Å². The number of imidazole rings is 1. The van der Waals surface area contributed by atoms with Crippen LogP contribution in [0.5, 0.6) is 5.75 Å². The maximum absolute atomic E-state index is 11.9. The highest BCUT2D eigenvalue weighted by Gasteiger charge is 2.21. The summed E-state index contributed by atoms with van der Waals surface area (Å²) in [6.45, 7) is 1.93. The molecule has 2 aromatic rings. The molecule has 0 aliphatic rings. The summed E-state index contributed by atoms with van der Waals surface area (Å²) in [6.07, 6.45) is 2.40. The lowest BCUT2D eigenvalue weighted by molar-refractivity contribution is 0.414. The van der Waals surface area contributed by atoms with Crippen molar-refractivity contribution in [2.75, 3.05) is 14.2 Å². The van der Waals surface area contributed by atoms with Gasteiger partial charge in [-0.05, 0) is 13.1 Å². The molecule has 7 heteroatoms. The maximum atomic E-state index is 11.9. The van der Waals surface area contributed by atoms with E-state index in [0.717, 1.165) is 0 Å². The van der Waals surface area contributed by atoms with Crippen molar-refractivity contribution in [3.8, 4) is 5.75 Å². The van der Waals surface area contributed by atoms with E-state index in [1.54, 1.807) is 22.7 Å². The number of aryl methyl sites for hydroxylation is 1. The van der Waals surface area contributed by atoms with Gasteiger partial charge in [0.15, 0.2) is 5.03 Å². The quantitative estimate of drug-likeness (QED) is 0.891. The molecule has 0 radical (unpaired) electrons. The highest BCUT2D eigenvalue weighted by Crippen LogP contribution is 2.22. The lowest BCUT2D eigenvalue weighted by Crippen LogP contribution is -2.19. The SMILES string of the molecule is CCc1nc(S(=O)(=O)NC)c2cc(OC)ccn12. The zero-order chi connectivity index (χ0) is 13.3. The number of rotatable bonds is 4. The summed E-state index contributed by atoms with van der Waals surface area (Å²) in [5.41, 5.74) is 0.514. The van der Waals surface area contributed by atoms with Gasteiger partial charge in [-0.1, -0.05) is 6.92 Å². The van der Waals surface area contributed by atoms with Gasteiger partial charge in [0.1, 0.15) is 11.6 Å². The molecular formula is C11H15N3O3S. The van der Waals surface area contributed by atoms with Gasteiger partial charge in [-0.15, -0.1) is 0 Å². The Morgan fingerprint density at radius 3 is 2.78 bits per heavy atom. The largest absolute Gasteiger partial charge is 0.497 e. The van der Waals surface area contributed by atoms with Gasteiger partial charge in [-0.25, -0.2) is 18.1 Å². The van der Waals surface area contributed by atoms with Crippen molar-refractivity contribution in [1.82, 2.24) is 14.1 Å². The molecule has 0 spiro atoms. The van der Waals surface area contributed by atoms with Crippen molar-refractivity contribution in [3.63, 3.8) is 0 Å². The third-order valence-corrected chi connectivity index (χ3v) is 4.08. The van der Waals surface area contributed by atoms with Gasteiger partial charge < -0.3 is 9.14 Å². The van der Waals surface area contributed by atoms with Crippen LogP contribution < -0.4 is 9.46 Å². The Morgan fingerprint density at radius 2 is 2.22 bits per heavy atom. The number of ether oxygens (including phenoxy) is 1. The molecule has 0 atom stereocenters. The summed E-state index contributed by atoms with van der Waals surface area (Å²) in [7, 11) is -0.672. The number of hydrogen-bond acceptors (Lipinski definition) is 4. The number of hydrogen-bond donors (Lipinski definition) is 1. The molecule has 0 unspecified atom stereocenters. The van der Waals surface area contributed by atoms with Crippen LogP contribution in [0.1, 0.15) is 12.7 Å². The fourth-order valence-electron chi connectivity index (χ4n) is 1.77. The summed E-state index contributed by atoms with van der Waals surface area (Å²) in [4.78, 5) is 4.18. The van der Waals surface area contributed by atoms with E-state index >= 15 is 0 Å². The summed E-state index contributed by atoms with van der Waals surface area (Å²) in [5.74, 6) is 1.29. The Kier molecular flexibility index (Phi) is 3.27. The zero-order valence-corrected chi connectivity index (χ0v) is 11.3. The number of methoxy groups -OCH3 is 1. The van der Waals surface area contributed by atoms with Crippen molar-refractivity contribution < 1.29 is 13.2 Å². The molecular weight excluding hydrogens is 254 g/mol. The van der Waals surface area contributed by atoms with E-state index in [-0.39, 0.29) is 5.03 Å². The molecule has 0 saturated heterocycles. The normalized spacial score (nSPS) is 11.9. The van der Waals surface area contributed by atoms with E-state index in [4.69, 9.17) is 4.74 Å². The van der Waals surface area contributed by atoms with Crippen molar-refractivity contribution in [2.45, 2.75) is 18.4 Å². The fraction of sp³-hybridized carbons (Fsp3) is 0.364. The van der Waals surface area contributed by atoms with Crippen LogP contribution in [0, 0.1) is 0 Å². The van der Waals surface area contributed by atoms with E-state index < -0.39 is 10.0 Å². The smallest absolute Gasteiger partial charge is 0.259 e. The minimum absolute atomic E-state index is 0.0285. The Labute approximate surface area is 106 Å². The number of sulfonamides is 1. The third kappa shape index (κ3) is 1.95. The molecule has 1 N–H and O–H groups in total. The summed E-state index contributed by atoms with van der Waals surface area (Å²) < 4.78 is 33.0. The topological polar surface area (TPSA) is 72.7 Å². The lowest BCUT2D eigenvalue weighted by atomic mass is 10.4. The van der Waals surface area contributed by atoms with Crippen molar-refractivity contribution in [2.24, 2.45) is 0 Å². The second-order valence-electron chi connectivity index (χ2n) is 3.72. The second kappa shape index (κ2) is 4.58. The molecule has 0 aliphatic carbocycles. The molecule has 2 rings (SSSR count). The highest BCUT2D eigenvalue weighted by atomic mass is 32.2. The van der Waals surface area contributed by atoms with Gasteiger partial charge >= 0.3 is 0 Å². The predicted molar refractivity (Wildman–Crippen MR) is 67.4 cm³/mol. The van der Waals surface area contributed by atoms with Crippen molar-refractivity contribution in [3.05, 3.63) is 24.2 Å². The third-order valence-electron chi connectivity index (χ3n) is 2.73. The molecule has 0 saturated carbocycles. The van der Waals surface area contributed by atoms with Crippen LogP contribution in [0.25, 0.3) is 5.52 Å². The van der Waals surface area contributed by atoms with Gasteiger partial charge in [0, 0.05) is 18.7 Å².